The van der Waals surface area contributed by atoms with Crippen LogP contribution in [0.1, 0.15) is 67.3 Å². The van der Waals surface area contributed by atoms with Gasteiger partial charge in [0.2, 0.25) is 5.91 Å². The smallest absolute Gasteiger partial charge is 0.407 e. The number of carbonyl (C=O) groups excluding carboxylic acids is 4. The molecule has 6 aromatic rings. The van der Waals surface area contributed by atoms with E-state index in [1.807, 2.05) is 17.5 Å². The van der Waals surface area contributed by atoms with Crippen LogP contribution in [-0.2, 0) is 23.8 Å². The molecule has 61 heavy (non-hydrogen) atoms. The first-order valence-electron chi connectivity index (χ1n) is 20.3. The summed E-state index contributed by atoms with van der Waals surface area (Å²) in [4.78, 5) is 72.3. The molecule has 5 heterocycles. The number of rotatable bonds is 12. The Morgan fingerprint density at radius 2 is 1.25 bits per heavy atom. The second-order valence-electron chi connectivity index (χ2n) is 15.2. The molecule has 2 aliphatic heterocycles. The van der Waals surface area contributed by atoms with Crippen molar-refractivity contribution in [2.75, 3.05) is 34.4 Å². The molecule has 316 valence electrons. The second-order valence-corrected chi connectivity index (χ2v) is 16.2. The number of fused-ring (bicyclic) bond motifs is 1. The van der Waals surface area contributed by atoms with E-state index < -0.39 is 30.4 Å². The van der Waals surface area contributed by atoms with Crippen molar-refractivity contribution >= 4 is 46.1 Å². The fraction of sp³-hybridized carbons (Fsp3) is 0.333. The quantitative estimate of drug-likeness (QED) is 0.0967. The zero-order valence-electron chi connectivity index (χ0n) is 34.3. The summed E-state index contributed by atoms with van der Waals surface area (Å²) in [5.41, 5.74) is 5.79. The van der Waals surface area contributed by atoms with Gasteiger partial charge < -0.3 is 44.6 Å². The summed E-state index contributed by atoms with van der Waals surface area (Å²) in [6.07, 6.45) is 4.83. The minimum atomic E-state index is -0.898. The van der Waals surface area contributed by atoms with Crippen LogP contribution in [0, 0.1) is 0 Å². The first-order chi connectivity index (χ1) is 29.6. The Labute approximate surface area is 356 Å². The Hall–Kier alpha value is -6.52. The molecule has 0 saturated carbocycles. The van der Waals surface area contributed by atoms with Gasteiger partial charge in [0.1, 0.15) is 23.7 Å². The fourth-order valence-electron chi connectivity index (χ4n) is 8.30. The summed E-state index contributed by atoms with van der Waals surface area (Å²) < 4.78 is 15.0. The number of aromatic nitrogens is 4. The minimum Gasteiger partial charge on any atom is -0.453 e. The molecule has 15 nitrogen and oxygen atoms in total. The largest absolute Gasteiger partial charge is 0.453 e. The number of amides is 4. The first kappa shape index (κ1) is 41.2. The number of likely N-dealkylation sites (tertiary alicyclic amines) is 2. The van der Waals surface area contributed by atoms with Gasteiger partial charge in [-0.15, -0.1) is 11.3 Å². The number of hydrogen-bond donors (Lipinski definition) is 4. The maximum absolute atomic E-state index is 13.8. The number of nitrogens with one attached hydrogen (secondary N) is 4. The highest BCUT2D eigenvalue weighted by molar-refractivity contribution is 7.10. The van der Waals surface area contributed by atoms with E-state index in [0.29, 0.717) is 24.7 Å². The maximum atomic E-state index is 13.8. The normalized spacial score (nSPS) is 17.8. The molecule has 2 saturated heterocycles. The van der Waals surface area contributed by atoms with Gasteiger partial charge >= 0.3 is 12.2 Å². The van der Waals surface area contributed by atoms with Crippen molar-refractivity contribution in [3.63, 3.8) is 0 Å². The predicted octanol–water partition coefficient (Wildman–Crippen LogP) is 7.53. The lowest BCUT2D eigenvalue weighted by molar-refractivity contribution is -0.137. The van der Waals surface area contributed by atoms with Crippen LogP contribution in [0.5, 0.6) is 0 Å². The Bertz CT molecular complexity index is 2520. The molecule has 16 heteroatoms. The highest BCUT2D eigenvalue weighted by Gasteiger charge is 2.39. The van der Waals surface area contributed by atoms with Gasteiger partial charge in [0.15, 0.2) is 0 Å². The minimum absolute atomic E-state index is 0.194. The molecule has 5 atom stereocenters. The number of thiophene rings is 1. The topological polar surface area (TPSA) is 184 Å². The van der Waals surface area contributed by atoms with Crippen molar-refractivity contribution in [3.05, 3.63) is 107 Å². The predicted molar refractivity (Wildman–Crippen MR) is 230 cm³/mol. The fourth-order valence-corrected chi connectivity index (χ4v) is 9.07. The maximum Gasteiger partial charge on any atom is 0.407 e. The van der Waals surface area contributed by atoms with E-state index in [9.17, 15) is 19.2 Å². The van der Waals surface area contributed by atoms with Crippen molar-refractivity contribution in [3.8, 4) is 33.6 Å². The van der Waals surface area contributed by atoms with Crippen LogP contribution in [0.2, 0.25) is 0 Å². The standard InChI is InChI=1S/C45H48N8O7S/c1-26(58-2)38(50-44(56)59-3)42(54)52-19-5-8-35(52)41-47-25-34(49-41)32-18-17-30-22-29(15-16-31(30)23-32)27-11-13-28(14-12-27)33-24-46-40(48-33)36-9-6-20-53(36)43(55)39(51-45(57)60-4)37-10-7-21-61-37/h7,10-18,21-26,35-36,38-39H,5-6,8-9,19-20H2,1-4H3,(H,46,48)(H,47,49)(H,50,56)(H,51,57)/t26-,35+,36+,38+,39-/m1/s1. The molecule has 3 aromatic carbocycles. The molecule has 2 fully saturated rings. The van der Waals surface area contributed by atoms with Gasteiger partial charge in [-0.05, 0) is 83.6 Å². The van der Waals surface area contributed by atoms with Crippen LogP contribution >= 0.6 is 11.3 Å². The molecule has 0 aliphatic carbocycles. The monoisotopic (exact) mass is 844 g/mol. The van der Waals surface area contributed by atoms with Crippen molar-refractivity contribution in [2.45, 2.75) is 62.9 Å². The third-order valence-corrected chi connectivity index (χ3v) is 12.6. The number of aromatic amines is 2. The summed E-state index contributed by atoms with van der Waals surface area (Å²) in [5, 5.41) is 9.38. The number of ether oxygens (including phenoxy) is 3. The van der Waals surface area contributed by atoms with E-state index >= 15 is 0 Å². The van der Waals surface area contributed by atoms with E-state index in [0.717, 1.165) is 75.0 Å². The van der Waals surface area contributed by atoms with Gasteiger partial charge in [0, 0.05) is 30.6 Å². The van der Waals surface area contributed by atoms with E-state index in [1.165, 1.54) is 32.7 Å². The number of alkyl carbamates (subject to hydrolysis) is 2. The summed E-state index contributed by atoms with van der Waals surface area (Å²) in [5.74, 6) is 0.959. The van der Waals surface area contributed by atoms with Gasteiger partial charge in [-0.2, -0.15) is 0 Å². The highest BCUT2D eigenvalue weighted by atomic mass is 32.1. The van der Waals surface area contributed by atoms with Crippen molar-refractivity contribution in [2.24, 2.45) is 0 Å². The van der Waals surface area contributed by atoms with Crippen LogP contribution in [0.25, 0.3) is 44.4 Å². The summed E-state index contributed by atoms with van der Waals surface area (Å²) in [6.45, 7) is 2.84. The van der Waals surface area contributed by atoms with E-state index in [1.54, 1.807) is 29.1 Å². The SMILES string of the molecule is COC(=O)N[C@H](C(=O)N1CCC[C@H]1c1ncc(-c2ccc3cc(-c4ccc(-c5cnc([C@@H]6CCCN6C(=O)[C@H](NC(=O)OC)c6cccs6)[nH]5)cc4)ccc3c2)[nH]1)[C@@H](C)OC. The number of imidazole rings is 2. The van der Waals surface area contributed by atoms with Crippen molar-refractivity contribution < 1.29 is 33.4 Å². The van der Waals surface area contributed by atoms with Crippen LogP contribution in [0.15, 0.2) is 90.6 Å². The number of nitrogens with zero attached hydrogens (tertiary/aromatic N) is 4. The van der Waals surface area contributed by atoms with Gasteiger partial charge in [-0.1, -0.05) is 54.6 Å². The van der Waals surface area contributed by atoms with Crippen LogP contribution in [0.3, 0.4) is 0 Å². The number of methoxy groups -OCH3 is 3. The molecule has 4 amide bonds. The van der Waals surface area contributed by atoms with Gasteiger partial charge in [0.05, 0.1) is 56.2 Å². The molecular formula is C45H48N8O7S. The van der Waals surface area contributed by atoms with Crippen LogP contribution in [0.4, 0.5) is 9.59 Å². The molecule has 3 aromatic heterocycles. The third-order valence-electron chi connectivity index (χ3n) is 11.7. The lowest BCUT2D eigenvalue weighted by Gasteiger charge is -2.30. The molecule has 0 bridgehead atoms. The molecule has 0 unspecified atom stereocenters. The molecule has 0 spiro atoms. The average Bonchev–Trinajstić information content (AvgIpc) is 4.15. The Morgan fingerprint density at radius 3 is 1.84 bits per heavy atom. The lowest BCUT2D eigenvalue weighted by atomic mass is 9.98. The molecule has 4 N–H and O–H groups in total. The Kier molecular flexibility index (Phi) is 12.2. The highest BCUT2D eigenvalue weighted by Crippen LogP contribution is 2.36. The average molecular weight is 845 g/mol. The third kappa shape index (κ3) is 8.59. The second kappa shape index (κ2) is 18.0. The number of hydrogen-bond acceptors (Lipinski definition) is 10. The Morgan fingerprint density at radius 1 is 0.705 bits per heavy atom. The van der Waals surface area contributed by atoms with Crippen LogP contribution < -0.4 is 10.6 Å². The summed E-state index contributed by atoms with van der Waals surface area (Å²) in [7, 11) is 4.05. The van der Waals surface area contributed by atoms with Gasteiger partial charge in [0.25, 0.3) is 5.91 Å². The number of benzene rings is 3. The number of H-pyrrole nitrogens is 2. The van der Waals surface area contributed by atoms with Crippen molar-refractivity contribution in [1.82, 2.24) is 40.4 Å². The van der Waals surface area contributed by atoms with Crippen LogP contribution in [-0.4, -0.2) is 100 Å². The number of carbonyl (C=O) groups is 4. The first-order valence-corrected chi connectivity index (χ1v) is 21.1. The Balaban J connectivity index is 0.941. The lowest BCUT2D eigenvalue weighted by Crippen LogP contribution is -2.54. The molecule has 8 rings (SSSR count). The summed E-state index contributed by atoms with van der Waals surface area (Å²) >= 11 is 1.41. The zero-order valence-corrected chi connectivity index (χ0v) is 35.2. The van der Waals surface area contributed by atoms with Crippen molar-refractivity contribution in [1.29, 1.82) is 0 Å². The summed E-state index contributed by atoms with van der Waals surface area (Å²) in [6, 6.07) is 22.4. The molecule has 0 radical (unpaired) electrons. The van der Waals surface area contributed by atoms with Gasteiger partial charge in [-0.25, -0.2) is 19.6 Å². The van der Waals surface area contributed by atoms with E-state index in [4.69, 9.17) is 24.2 Å². The zero-order chi connectivity index (χ0) is 42.6. The van der Waals surface area contributed by atoms with Gasteiger partial charge in [-0.3, -0.25) is 9.59 Å². The molecular weight excluding hydrogens is 797 g/mol. The van der Waals surface area contributed by atoms with E-state index in [2.05, 4.69) is 81.3 Å². The molecule has 2 aliphatic rings. The van der Waals surface area contributed by atoms with E-state index in [-0.39, 0.29) is 23.9 Å².